The average Bonchev–Trinajstić information content (AvgIpc) is 2.68. The number of amides is 1. The van der Waals surface area contributed by atoms with Crippen LogP contribution >= 0.6 is 58.0 Å². The molecule has 0 atom stereocenters. The molecule has 1 amide bonds. The highest BCUT2D eigenvalue weighted by Gasteiger charge is 2.31. The Morgan fingerprint density at radius 1 is 0.933 bits per heavy atom. The summed E-state index contributed by atoms with van der Waals surface area (Å²) in [6.07, 6.45) is 0.775. The minimum Gasteiger partial charge on any atom is -0.324 e. The Labute approximate surface area is 200 Å². The van der Waals surface area contributed by atoms with Crippen LogP contribution in [-0.4, -0.2) is 31.7 Å². The van der Waals surface area contributed by atoms with Crippen LogP contribution in [0.4, 0.5) is 5.69 Å². The molecule has 0 aliphatic carbocycles. The third-order valence-electron chi connectivity index (χ3n) is 4.84. The molecule has 0 saturated carbocycles. The smallest absolute Gasteiger partial charge is 0.227 e. The van der Waals surface area contributed by atoms with Crippen molar-refractivity contribution >= 4 is 79.6 Å². The molecule has 5 nitrogen and oxygen atoms in total. The van der Waals surface area contributed by atoms with Crippen LogP contribution in [0.5, 0.6) is 0 Å². The van der Waals surface area contributed by atoms with Crippen molar-refractivity contribution in [3.05, 3.63) is 61.0 Å². The van der Waals surface area contributed by atoms with Crippen molar-refractivity contribution in [2.75, 3.05) is 18.4 Å². The minimum atomic E-state index is -3.58. The SMILES string of the molecule is O=C(Nc1cc(Cl)c(Cl)cc1Cl)C1CCN(S(=O)(=O)Cc2ccc(Cl)cc2Cl)CC1. The van der Waals surface area contributed by atoms with Gasteiger partial charge in [0.15, 0.2) is 0 Å². The number of halogens is 5. The topological polar surface area (TPSA) is 66.5 Å². The van der Waals surface area contributed by atoms with Crippen LogP contribution in [0.3, 0.4) is 0 Å². The molecule has 2 aromatic rings. The predicted octanol–water partition coefficient (Wildman–Crippen LogP) is 6.13. The Hall–Kier alpha value is -0.730. The summed E-state index contributed by atoms with van der Waals surface area (Å²) in [5.74, 6) is -0.812. The monoisotopic (exact) mass is 528 g/mol. The molecule has 2 aromatic carbocycles. The van der Waals surface area contributed by atoms with E-state index < -0.39 is 10.0 Å². The summed E-state index contributed by atoms with van der Waals surface area (Å²) in [4.78, 5) is 12.6. The molecule has 1 saturated heterocycles. The van der Waals surface area contributed by atoms with Gasteiger partial charge in [0.1, 0.15) is 0 Å². The Bertz CT molecular complexity index is 1070. The molecule has 3 rings (SSSR count). The molecule has 30 heavy (non-hydrogen) atoms. The first-order valence-electron chi connectivity index (χ1n) is 8.94. The molecule has 0 unspecified atom stereocenters. The number of sulfonamides is 1. The summed E-state index contributed by atoms with van der Waals surface area (Å²) in [6, 6.07) is 7.66. The lowest BCUT2D eigenvalue weighted by atomic mass is 9.97. The fourth-order valence-corrected chi connectivity index (χ4v) is 5.92. The first kappa shape index (κ1) is 23.9. The molecule has 0 aromatic heterocycles. The maximum absolute atomic E-state index is 12.8. The summed E-state index contributed by atoms with van der Waals surface area (Å²) < 4.78 is 26.9. The predicted molar refractivity (Wildman–Crippen MR) is 123 cm³/mol. The van der Waals surface area contributed by atoms with Gasteiger partial charge in [-0.25, -0.2) is 12.7 Å². The number of hydrogen-bond donors (Lipinski definition) is 1. The molecule has 1 fully saturated rings. The summed E-state index contributed by atoms with van der Waals surface area (Å²) in [5.41, 5.74) is 0.846. The quantitative estimate of drug-likeness (QED) is 0.473. The molecule has 1 aliphatic heterocycles. The lowest BCUT2D eigenvalue weighted by Crippen LogP contribution is -2.41. The third-order valence-corrected chi connectivity index (χ3v) is 8.29. The lowest BCUT2D eigenvalue weighted by molar-refractivity contribution is -0.120. The van der Waals surface area contributed by atoms with Crippen LogP contribution in [0.15, 0.2) is 30.3 Å². The number of benzene rings is 2. The Morgan fingerprint density at radius 2 is 1.57 bits per heavy atom. The van der Waals surface area contributed by atoms with E-state index in [0.717, 1.165) is 0 Å². The van der Waals surface area contributed by atoms with Gasteiger partial charge < -0.3 is 5.32 Å². The molecule has 1 aliphatic rings. The molecule has 11 heteroatoms. The maximum Gasteiger partial charge on any atom is 0.227 e. The van der Waals surface area contributed by atoms with Crippen LogP contribution in [0.2, 0.25) is 25.1 Å². The van der Waals surface area contributed by atoms with Gasteiger partial charge >= 0.3 is 0 Å². The van der Waals surface area contributed by atoms with Crippen molar-refractivity contribution in [1.82, 2.24) is 4.31 Å². The van der Waals surface area contributed by atoms with E-state index in [1.54, 1.807) is 12.1 Å². The minimum absolute atomic E-state index is 0.223. The molecule has 1 N–H and O–H groups in total. The maximum atomic E-state index is 12.8. The summed E-state index contributed by atoms with van der Waals surface area (Å²) in [6.45, 7) is 0.474. The summed E-state index contributed by atoms with van der Waals surface area (Å²) in [5, 5.41) is 4.33. The Morgan fingerprint density at radius 3 is 2.20 bits per heavy atom. The highest BCUT2D eigenvalue weighted by atomic mass is 35.5. The molecule has 1 heterocycles. The number of hydrogen-bond acceptors (Lipinski definition) is 3. The van der Waals surface area contributed by atoms with Crippen LogP contribution in [0.25, 0.3) is 0 Å². The van der Waals surface area contributed by atoms with Gasteiger partial charge in [-0.3, -0.25) is 4.79 Å². The largest absolute Gasteiger partial charge is 0.324 e. The van der Waals surface area contributed by atoms with Gasteiger partial charge in [-0.15, -0.1) is 0 Å². The van der Waals surface area contributed by atoms with Gasteiger partial charge in [0, 0.05) is 29.1 Å². The summed E-state index contributed by atoms with van der Waals surface area (Å²) in [7, 11) is -3.58. The average molecular weight is 531 g/mol. The second-order valence-electron chi connectivity index (χ2n) is 6.90. The molecule has 0 spiro atoms. The number of carbonyl (C=O) groups excluding carboxylic acids is 1. The zero-order valence-corrected chi connectivity index (χ0v) is 20.1. The van der Waals surface area contributed by atoms with E-state index in [-0.39, 0.29) is 40.7 Å². The van der Waals surface area contributed by atoms with Gasteiger partial charge in [0.25, 0.3) is 0 Å². The first-order valence-corrected chi connectivity index (χ1v) is 12.4. The normalized spacial score (nSPS) is 15.9. The van der Waals surface area contributed by atoms with Crippen LogP contribution < -0.4 is 5.32 Å². The van der Waals surface area contributed by atoms with E-state index in [0.29, 0.717) is 39.2 Å². The van der Waals surface area contributed by atoms with Crippen molar-refractivity contribution in [3.63, 3.8) is 0 Å². The van der Waals surface area contributed by atoms with Crippen LogP contribution in [-0.2, 0) is 20.6 Å². The second kappa shape index (κ2) is 9.82. The molecule has 162 valence electrons. The van der Waals surface area contributed by atoms with Gasteiger partial charge in [-0.05, 0) is 42.7 Å². The first-order chi connectivity index (χ1) is 14.1. The van der Waals surface area contributed by atoms with Gasteiger partial charge in [0.05, 0.1) is 26.5 Å². The van der Waals surface area contributed by atoms with Gasteiger partial charge in [-0.1, -0.05) is 64.1 Å². The molecular formula is C19H17Cl5N2O3S. The Balaban J connectivity index is 1.61. The van der Waals surface area contributed by atoms with Crippen molar-refractivity contribution in [1.29, 1.82) is 0 Å². The summed E-state index contributed by atoms with van der Waals surface area (Å²) >= 11 is 29.9. The zero-order chi connectivity index (χ0) is 22.1. The standard InChI is InChI=1S/C19H17Cl5N2O3S/c20-13-2-1-12(14(21)7-13)10-30(28,29)26-5-3-11(4-6-26)19(27)25-18-9-16(23)15(22)8-17(18)24/h1-2,7-9,11H,3-6,10H2,(H,25,27). The van der Waals surface area contributed by atoms with Crippen LogP contribution in [0.1, 0.15) is 18.4 Å². The number of nitrogens with zero attached hydrogens (tertiary/aromatic N) is 1. The van der Waals surface area contributed by atoms with E-state index in [9.17, 15) is 13.2 Å². The molecular weight excluding hydrogens is 514 g/mol. The second-order valence-corrected chi connectivity index (χ2v) is 10.9. The number of anilines is 1. The van der Waals surface area contributed by atoms with Crippen LogP contribution in [0, 0.1) is 5.92 Å². The number of carbonyl (C=O) groups is 1. The van der Waals surface area contributed by atoms with E-state index in [2.05, 4.69) is 5.32 Å². The number of rotatable bonds is 5. The van der Waals surface area contributed by atoms with Crippen molar-refractivity contribution in [3.8, 4) is 0 Å². The highest BCUT2D eigenvalue weighted by Crippen LogP contribution is 2.33. The highest BCUT2D eigenvalue weighted by molar-refractivity contribution is 7.88. The van der Waals surface area contributed by atoms with Crippen molar-refractivity contribution in [2.45, 2.75) is 18.6 Å². The lowest BCUT2D eigenvalue weighted by Gasteiger charge is -2.30. The van der Waals surface area contributed by atoms with E-state index in [4.69, 9.17) is 58.0 Å². The zero-order valence-electron chi connectivity index (χ0n) is 15.5. The van der Waals surface area contributed by atoms with Crippen molar-refractivity contribution < 1.29 is 13.2 Å². The van der Waals surface area contributed by atoms with E-state index in [1.807, 2.05) is 0 Å². The van der Waals surface area contributed by atoms with E-state index in [1.165, 1.54) is 22.5 Å². The fraction of sp³-hybridized carbons (Fsp3) is 0.316. The molecule has 0 bridgehead atoms. The van der Waals surface area contributed by atoms with E-state index >= 15 is 0 Å². The van der Waals surface area contributed by atoms with Crippen molar-refractivity contribution in [2.24, 2.45) is 5.92 Å². The number of nitrogens with one attached hydrogen (secondary N) is 1. The molecule has 0 radical (unpaired) electrons. The van der Waals surface area contributed by atoms with Gasteiger partial charge in [-0.2, -0.15) is 0 Å². The van der Waals surface area contributed by atoms with Gasteiger partial charge in [0.2, 0.25) is 15.9 Å². The number of piperidine rings is 1. The fourth-order valence-electron chi connectivity index (χ4n) is 3.18. The Kier molecular flexibility index (Phi) is 7.83. The third kappa shape index (κ3) is 5.74.